The lowest BCUT2D eigenvalue weighted by Crippen LogP contribution is -2.43. The highest BCUT2D eigenvalue weighted by Crippen LogP contribution is 2.30. The summed E-state index contributed by atoms with van der Waals surface area (Å²) in [6, 6.07) is 7.29. The number of fused-ring (bicyclic) bond motifs is 1. The molecular formula is C23H26N6O4S. The van der Waals surface area contributed by atoms with Crippen molar-refractivity contribution in [2.75, 3.05) is 30.4 Å². The number of aromatic nitrogens is 3. The monoisotopic (exact) mass is 482 g/mol. The van der Waals surface area contributed by atoms with Crippen LogP contribution >= 0.6 is 11.3 Å². The summed E-state index contributed by atoms with van der Waals surface area (Å²) in [4.78, 5) is 48.9. The van der Waals surface area contributed by atoms with Crippen LogP contribution in [0.1, 0.15) is 25.7 Å². The molecule has 2 fully saturated rings. The molecule has 1 saturated heterocycles. The van der Waals surface area contributed by atoms with Gasteiger partial charge in [-0.25, -0.2) is 4.98 Å². The number of amides is 2. The predicted octanol–water partition coefficient (Wildman–Crippen LogP) is 2.00. The van der Waals surface area contributed by atoms with E-state index in [1.807, 2.05) is 0 Å². The van der Waals surface area contributed by atoms with E-state index in [4.69, 9.17) is 4.74 Å². The summed E-state index contributed by atoms with van der Waals surface area (Å²) in [5.74, 6) is 0.386. The van der Waals surface area contributed by atoms with Crippen LogP contribution in [0.4, 0.5) is 10.8 Å². The molecule has 34 heavy (non-hydrogen) atoms. The molecule has 2 N–H and O–H groups in total. The summed E-state index contributed by atoms with van der Waals surface area (Å²) in [7, 11) is 1.57. The SMILES string of the molecule is COc1ccc(NC(=O)Cn2cnc3nc(N4CCC[C@H](C(=O)NC5CC5)C4)sc3c2=O)cc1. The van der Waals surface area contributed by atoms with E-state index >= 15 is 0 Å². The van der Waals surface area contributed by atoms with Gasteiger partial charge >= 0.3 is 0 Å². The minimum absolute atomic E-state index is 0.0763. The number of benzene rings is 1. The highest BCUT2D eigenvalue weighted by atomic mass is 32.1. The third kappa shape index (κ3) is 4.89. The van der Waals surface area contributed by atoms with E-state index < -0.39 is 0 Å². The molecule has 2 aromatic heterocycles. The average Bonchev–Trinajstić information content (AvgIpc) is 3.55. The number of nitrogens with zero attached hydrogens (tertiary/aromatic N) is 4. The number of carbonyl (C=O) groups is 2. The van der Waals surface area contributed by atoms with Gasteiger partial charge in [0.25, 0.3) is 5.56 Å². The lowest BCUT2D eigenvalue weighted by Gasteiger charge is -2.31. The van der Waals surface area contributed by atoms with Crippen LogP contribution in [0.5, 0.6) is 5.75 Å². The zero-order chi connectivity index (χ0) is 23.7. The predicted molar refractivity (Wildman–Crippen MR) is 129 cm³/mol. The van der Waals surface area contributed by atoms with Gasteiger partial charge in [-0.15, -0.1) is 0 Å². The molecule has 1 atom stereocenters. The average molecular weight is 483 g/mol. The van der Waals surface area contributed by atoms with Crippen molar-refractivity contribution in [2.45, 2.75) is 38.3 Å². The van der Waals surface area contributed by atoms with Crippen LogP contribution in [0.2, 0.25) is 0 Å². The maximum absolute atomic E-state index is 13.0. The van der Waals surface area contributed by atoms with Gasteiger partial charge in [0.05, 0.1) is 13.0 Å². The maximum Gasteiger partial charge on any atom is 0.273 e. The molecule has 1 aliphatic carbocycles. The number of thiazole rings is 1. The molecule has 10 nitrogen and oxygen atoms in total. The van der Waals surface area contributed by atoms with Crippen molar-refractivity contribution in [1.82, 2.24) is 19.9 Å². The van der Waals surface area contributed by atoms with Crippen LogP contribution in [0.3, 0.4) is 0 Å². The number of anilines is 2. The summed E-state index contributed by atoms with van der Waals surface area (Å²) < 4.78 is 6.80. The molecule has 2 amide bonds. The molecule has 11 heteroatoms. The van der Waals surface area contributed by atoms with Crippen LogP contribution in [0.15, 0.2) is 35.4 Å². The molecule has 2 aliphatic rings. The Morgan fingerprint density at radius 2 is 2.00 bits per heavy atom. The minimum atomic E-state index is -0.335. The van der Waals surface area contributed by atoms with Crippen LogP contribution < -0.4 is 25.8 Å². The largest absolute Gasteiger partial charge is 0.497 e. The third-order valence-corrected chi connectivity index (χ3v) is 7.14. The third-order valence-electron chi connectivity index (χ3n) is 6.05. The van der Waals surface area contributed by atoms with E-state index in [1.54, 1.807) is 31.4 Å². The molecule has 178 valence electrons. The van der Waals surface area contributed by atoms with Crippen LogP contribution in [-0.2, 0) is 16.1 Å². The molecule has 1 aliphatic heterocycles. The molecule has 5 rings (SSSR count). The normalized spacial score (nSPS) is 18.0. The molecule has 0 bridgehead atoms. The number of methoxy groups -OCH3 is 1. The highest BCUT2D eigenvalue weighted by Gasteiger charge is 2.31. The van der Waals surface area contributed by atoms with Crippen molar-refractivity contribution in [3.8, 4) is 5.75 Å². The van der Waals surface area contributed by atoms with E-state index in [9.17, 15) is 14.4 Å². The first-order valence-electron chi connectivity index (χ1n) is 11.4. The van der Waals surface area contributed by atoms with Gasteiger partial charge in [-0.05, 0) is 49.9 Å². The first-order chi connectivity index (χ1) is 16.5. The molecule has 0 radical (unpaired) electrons. The Hall–Kier alpha value is -3.47. The molecule has 1 aromatic carbocycles. The topological polar surface area (TPSA) is 118 Å². The Bertz CT molecular complexity index is 1270. The van der Waals surface area contributed by atoms with Gasteiger partial charge in [0, 0.05) is 24.8 Å². The van der Waals surface area contributed by atoms with Crippen molar-refractivity contribution in [1.29, 1.82) is 0 Å². The number of hydrogen-bond donors (Lipinski definition) is 2. The molecule has 3 aromatic rings. The quantitative estimate of drug-likeness (QED) is 0.529. The first kappa shape index (κ1) is 22.3. The number of carbonyl (C=O) groups excluding carboxylic acids is 2. The Morgan fingerprint density at radius 3 is 2.74 bits per heavy atom. The van der Waals surface area contributed by atoms with Crippen molar-refractivity contribution >= 4 is 44.3 Å². The zero-order valence-corrected chi connectivity index (χ0v) is 19.6. The number of ether oxygens (including phenoxy) is 1. The van der Waals surface area contributed by atoms with Gasteiger partial charge < -0.3 is 20.3 Å². The Morgan fingerprint density at radius 1 is 1.21 bits per heavy atom. The molecule has 0 spiro atoms. The van der Waals surface area contributed by atoms with Gasteiger partial charge in [-0.3, -0.25) is 19.0 Å². The van der Waals surface area contributed by atoms with Gasteiger partial charge in [-0.2, -0.15) is 4.98 Å². The molecule has 1 saturated carbocycles. The number of nitrogens with one attached hydrogen (secondary N) is 2. The van der Waals surface area contributed by atoms with Gasteiger partial charge in [-0.1, -0.05) is 11.3 Å². The second-order valence-electron chi connectivity index (χ2n) is 8.67. The van der Waals surface area contributed by atoms with Crippen molar-refractivity contribution in [3.63, 3.8) is 0 Å². The summed E-state index contributed by atoms with van der Waals surface area (Å²) >= 11 is 1.26. The second kappa shape index (κ2) is 9.41. The van der Waals surface area contributed by atoms with Gasteiger partial charge in [0.2, 0.25) is 11.8 Å². The Kier molecular flexibility index (Phi) is 6.18. The lowest BCUT2D eigenvalue weighted by molar-refractivity contribution is -0.125. The lowest BCUT2D eigenvalue weighted by atomic mass is 9.97. The van der Waals surface area contributed by atoms with E-state index in [2.05, 4.69) is 25.5 Å². The molecular weight excluding hydrogens is 456 g/mol. The summed E-state index contributed by atoms with van der Waals surface area (Å²) in [5, 5.41) is 6.54. The van der Waals surface area contributed by atoms with Crippen molar-refractivity contribution in [3.05, 3.63) is 40.9 Å². The maximum atomic E-state index is 13.0. The number of hydrogen-bond acceptors (Lipinski definition) is 8. The van der Waals surface area contributed by atoms with Crippen LogP contribution in [0, 0.1) is 5.92 Å². The Labute approximate surface area is 200 Å². The van der Waals surface area contributed by atoms with E-state index in [1.165, 1.54) is 22.2 Å². The highest BCUT2D eigenvalue weighted by molar-refractivity contribution is 7.22. The summed E-state index contributed by atoms with van der Waals surface area (Å²) in [5.41, 5.74) is 0.665. The Balaban J connectivity index is 1.28. The van der Waals surface area contributed by atoms with E-state index in [-0.39, 0.29) is 29.8 Å². The fraction of sp³-hybridized carbons (Fsp3) is 0.435. The van der Waals surface area contributed by atoms with Crippen molar-refractivity contribution in [2.24, 2.45) is 5.92 Å². The molecule has 0 unspecified atom stereocenters. The zero-order valence-electron chi connectivity index (χ0n) is 18.8. The van der Waals surface area contributed by atoms with E-state index in [0.29, 0.717) is 39.5 Å². The number of rotatable bonds is 7. The standard InChI is InChI=1S/C23H26N6O4S/c1-33-17-8-6-15(7-9-17)25-18(30)12-29-13-24-20-19(22(29)32)34-23(27-20)28-10-2-3-14(11-28)21(31)26-16-4-5-16/h6-9,13-14,16H,2-5,10-12H2,1H3,(H,25,30)(H,26,31)/t14-/m0/s1. The van der Waals surface area contributed by atoms with Gasteiger partial charge in [0.1, 0.15) is 23.3 Å². The van der Waals surface area contributed by atoms with Crippen molar-refractivity contribution < 1.29 is 14.3 Å². The number of piperidine rings is 1. The fourth-order valence-electron chi connectivity index (χ4n) is 4.02. The second-order valence-corrected chi connectivity index (χ2v) is 9.65. The summed E-state index contributed by atoms with van der Waals surface area (Å²) in [6.07, 6.45) is 5.23. The summed E-state index contributed by atoms with van der Waals surface area (Å²) in [6.45, 7) is 1.20. The van der Waals surface area contributed by atoms with Crippen LogP contribution in [0.25, 0.3) is 10.3 Å². The fourth-order valence-corrected chi connectivity index (χ4v) is 5.03. The van der Waals surface area contributed by atoms with Crippen LogP contribution in [-0.4, -0.2) is 52.6 Å². The van der Waals surface area contributed by atoms with Gasteiger partial charge in [0.15, 0.2) is 10.8 Å². The minimum Gasteiger partial charge on any atom is -0.497 e. The smallest absolute Gasteiger partial charge is 0.273 e. The first-order valence-corrected chi connectivity index (χ1v) is 12.2. The molecule has 3 heterocycles. The van der Waals surface area contributed by atoms with E-state index in [0.717, 1.165) is 32.2 Å².